The minimum Gasteiger partial charge on any atom is -0.549 e. The van der Waals surface area contributed by atoms with Gasteiger partial charge in [0.1, 0.15) is 0 Å². The van der Waals surface area contributed by atoms with Crippen LogP contribution >= 0.6 is 0 Å². The van der Waals surface area contributed by atoms with Crippen LogP contribution in [-0.2, 0) is 14.3 Å². The van der Waals surface area contributed by atoms with Gasteiger partial charge in [0, 0.05) is 0 Å². The highest BCUT2D eigenvalue weighted by Gasteiger charge is 2.12. The number of ether oxygens (including phenoxy) is 1. The number of hydrogen-bond acceptors (Lipinski definition) is 4. The molecule has 0 saturated carbocycles. The van der Waals surface area contributed by atoms with Crippen molar-refractivity contribution >= 4 is 11.9 Å². The topological polar surface area (TPSA) is 66.4 Å². The van der Waals surface area contributed by atoms with Crippen LogP contribution in [0.2, 0.25) is 0 Å². The molecule has 0 heterocycles. The second kappa shape index (κ2) is 3.06. The molecule has 0 aliphatic heterocycles. The summed E-state index contributed by atoms with van der Waals surface area (Å²) in [5, 5.41) is 9.89. The lowest BCUT2D eigenvalue weighted by Gasteiger charge is -2.07. The number of carboxylic acid groups (broad SMARTS) is 1. The van der Waals surface area contributed by atoms with Gasteiger partial charge in [-0.2, -0.15) is 0 Å². The van der Waals surface area contributed by atoms with Gasteiger partial charge < -0.3 is 14.6 Å². The molecule has 0 spiro atoms. The molecule has 0 aromatic heterocycles. The summed E-state index contributed by atoms with van der Waals surface area (Å²) in [5.41, 5.74) is 0. The zero-order valence-electron chi connectivity index (χ0n) is 5.21. The van der Waals surface area contributed by atoms with E-state index < -0.39 is 17.9 Å². The van der Waals surface area contributed by atoms with E-state index in [1.165, 1.54) is 6.92 Å². The zero-order chi connectivity index (χ0) is 7.44. The fraction of sp³-hybridized carbons (Fsp3) is 0.600. The molecule has 0 aliphatic carbocycles. The van der Waals surface area contributed by atoms with Crippen LogP contribution in [0.5, 0.6) is 0 Å². The number of carboxylic acids is 1. The third-order valence-corrected chi connectivity index (χ3v) is 0.908. The van der Waals surface area contributed by atoms with Crippen molar-refractivity contribution in [3.05, 3.63) is 0 Å². The van der Waals surface area contributed by atoms with E-state index in [1.807, 2.05) is 0 Å². The van der Waals surface area contributed by atoms with Crippen LogP contribution in [-0.4, -0.2) is 19.0 Å². The maximum Gasteiger partial charge on any atom is 0.314 e. The van der Waals surface area contributed by atoms with E-state index in [9.17, 15) is 14.7 Å². The minimum atomic E-state index is -1.41. The first-order chi connectivity index (χ1) is 4.09. The number of methoxy groups -OCH3 is 1. The van der Waals surface area contributed by atoms with Gasteiger partial charge >= 0.3 is 5.97 Å². The summed E-state index contributed by atoms with van der Waals surface area (Å²) in [5.74, 6) is -3.37. The van der Waals surface area contributed by atoms with E-state index in [2.05, 4.69) is 4.74 Å². The lowest BCUT2D eigenvalue weighted by atomic mass is 10.2. The molecule has 0 bridgehead atoms. The van der Waals surface area contributed by atoms with Crippen molar-refractivity contribution in [1.82, 2.24) is 0 Å². The third kappa shape index (κ3) is 2.12. The highest BCUT2D eigenvalue weighted by atomic mass is 16.5. The largest absolute Gasteiger partial charge is 0.549 e. The quantitative estimate of drug-likeness (QED) is 0.339. The summed E-state index contributed by atoms with van der Waals surface area (Å²) < 4.78 is 4.11. The van der Waals surface area contributed by atoms with Gasteiger partial charge in [-0.1, -0.05) is 0 Å². The number of aliphatic carboxylic acids is 1. The van der Waals surface area contributed by atoms with Crippen LogP contribution in [0, 0.1) is 5.92 Å². The summed E-state index contributed by atoms with van der Waals surface area (Å²) in [7, 11) is 1.13. The van der Waals surface area contributed by atoms with E-state index in [1.54, 1.807) is 0 Å². The Morgan fingerprint density at radius 1 is 1.56 bits per heavy atom. The van der Waals surface area contributed by atoms with Crippen LogP contribution in [0.25, 0.3) is 0 Å². The average molecular weight is 131 g/mol. The molecule has 0 amide bonds. The molecular formula is C5H7O4-. The first kappa shape index (κ1) is 7.94. The van der Waals surface area contributed by atoms with Crippen molar-refractivity contribution < 1.29 is 19.4 Å². The Labute approximate surface area is 52.4 Å². The van der Waals surface area contributed by atoms with E-state index in [-0.39, 0.29) is 0 Å². The molecule has 0 N–H and O–H groups in total. The van der Waals surface area contributed by atoms with Crippen LogP contribution in [0.4, 0.5) is 0 Å². The monoisotopic (exact) mass is 131 g/mol. The average Bonchev–Trinajstić information content (AvgIpc) is 1.84. The van der Waals surface area contributed by atoms with E-state index in [0.29, 0.717) is 0 Å². The van der Waals surface area contributed by atoms with Gasteiger partial charge in [-0.05, 0) is 6.92 Å². The Kier molecular flexibility index (Phi) is 2.70. The van der Waals surface area contributed by atoms with E-state index in [4.69, 9.17) is 0 Å². The SMILES string of the molecule is COC(=O)C(C)C(=O)[O-]. The Bertz CT molecular complexity index is 129. The molecule has 1 unspecified atom stereocenters. The lowest BCUT2D eigenvalue weighted by molar-refractivity contribution is -0.310. The maximum absolute atomic E-state index is 10.3. The van der Waals surface area contributed by atoms with Crippen LogP contribution in [0.3, 0.4) is 0 Å². The standard InChI is InChI=1S/C5H8O4/c1-3(4(6)7)5(8)9-2/h3H,1-2H3,(H,6,7)/p-1. The molecule has 9 heavy (non-hydrogen) atoms. The van der Waals surface area contributed by atoms with Gasteiger partial charge in [-0.25, -0.2) is 0 Å². The van der Waals surface area contributed by atoms with Crippen molar-refractivity contribution in [3.63, 3.8) is 0 Å². The summed E-state index contributed by atoms with van der Waals surface area (Å²) >= 11 is 0. The highest BCUT2D eigenvalue weighted by Crippen LogP contribution is 1.93. The number of rotatable bonds is 2. The van der Waals surface area contributed by atoms with Crippen LogP contribution < -0.4 is 5.11 Å². The molecule has 0 aromatic rings. The maximum atomic E-state index is 10.3. The van der Waals surface area contributed by atoms with Crippen LogP contribution in [0.15, 0.2) is 0 Å². The molecule has 4 nitrogen and oxygen atoms in total. The van der Waals surface area contributed by atoms with E-state index in [0.717, 1.165) is 7.11 Å². The normalized spacial score (nSPS) is 12.2. The molecule has 0 saturated heterocycles. The van der Waals surface area contributed by atoms with Crippen LogP contribution in [0.1, 0.15) is 6.92 Å². The molecule has 0 radical (unpaired) electrons. The number of carbonyl (C=O) groups excluding carboxylic acids is 2. The van der Waals surface area contributed by atoms with Gasteiger partial charge in [0.2, 0.25) is 0 Å². The fourth-order valence-corrected chi connectivity index (χ4v) is 0.273. The van der Waals surface area contributed by atoms with Gasteiger partial charge in [-0.15, -0.1) is 0 Å². The zero-order valence-corrected chi connectivity index (χ0v) is 5.21. The Hall–Kier alpha value is -1.06. The second-order valence-electron chi connectivity index (χ2n) is 1.56. The molecular weight excluding hydrogens is 124 g/mol. The van der Waals surface area contributed by atoms with Crippen molar-refractivity contribution in [1.29, 1.82) is 0 Å². The number of carbonyl (C=O) groups is 2. The Morgan fingerprint density at radius 2 is 2.00 bits per heavy atom. The van der Waals surface area contributed by atoms with Crippen molar-refractivity contribution in [3.8, 4) is 0 Å². The second-order valence-corrected chi connectivity index (χ2v) is 1.56. The molecule has 52 valence electrons. The van der Waals surface area contributed by atoms with Crippen molar-refractivity contribution in [2.45, 2.75) is 6.92 Å². The summed E-state index contributed by atoms with van der Waals surface area (Å²) in [6.45, 7) is 1.21. The number of hydrogen-bond donors (Lipinski definition) is 0. The van der Waals surface area contributed by atoms with Gasteiger partial charge in [-0.3, -0.25) is 4.79 Å². The fourth-order valence-electron chi connectivity index (χ4n) is 0.273. The molecule has 0 fully saturated rings. The molecule has 4 heteroatoms. The first-order valence-electron chi connectivity index (χ1n) is 2.38. The molecule has 1 atom stereocenters. The van der Waals surface area contributed by atoms with Gasteiger partial charge in [0.05, 0.1) is 19.0 Å². The molecule has 0 aliphatic rings. The highest BCUT2D eigenvalue weighted by molar-refractivity contribution is 5.92. The Balaban J connectivity index is 3.88. The predicted octanol–water partition coefficient (Wildman–Crippen LogP) is -1.45. The summed E-state index contributed by atoms with van der Waals surface area (Å²) in [6, 6.07) is 0. The summed E-state index contributed by atoms with van der Waals surface area (Å²) in [6.07, 6.45) is 0. The van der Waals surface area contributed by atoms with Crippen molar-refractivity contribution in [2.24, 2.45) is 5.92 Å². The minimum absolute atomic E-state index is 0.782. The first-order valence-corrected chi connectivity index (χ1v) is 2.38. The summed E-state index contributed by atoms with van der Waals surface area (Å²) in [4.78, 5) is 20.2. The lowest BCUT2D eigenvalue weighted by Crippen LogP contribution is -2.34. The molecule has 0 aromatic carbocycles. The van der Waals surface area contributed by atoms with E-state index >= 15 is 0 Å². The van der Waals surface area contributed by atoms with Gasteiger partial charge in [0.15, 0.2) is 0 Å². The Morgan fingerprint density at radius 3 is 2.11 bits per heavy atom. The van der Waals surface area contributed by atoms with Crippen molar-refractivity contribution in [2.75, 3.05) is 7.11 Å². The van der Waals surface area contributed by atoms with Gasteiger partial charge in [0.25, 0.3) is 0 Å². The smallest absolute Gasteiger partial charge is 0.314 e. The predicted molar refractivity (Wildman–Crippen MR) is 26.2 cm³/mol. The molecule has 0 rings (SSSR count). The number of esters is 1. The third-order valence-electron chi connectivity index (χ3n) is 0.908.